The van der Waals surface area contributed by atoms with Gasteiger partial charge in [-0.25, -0.2) is 0 Å². The van der Waals surface area contributed by atoms with Gasteiger partial charge < -0.3 is 14.6 Å². The van der Waals surface area contributed by atoms with Gasteiger partial charge in [-0.2, -0.15) is 0 Å². The number of aliphatic hydroxyl groups excluding tert-OH is 1. The molecule has 0 aromatic rings. The van der Waals surface area contributed by atoms with E-state index >= 15 is 0 Å². The van der Waals surface area contributed by atoms with Crippen LogP contribution in [0.4, 0.5) is 0 Å². The molecule has 0 spiro atoms. The molecule has 4 heteroatoms. The van der Waals surface area contributed by atoms with E-state index in [1.807, 2.05) is 0 Å². The van der Waals surface area contributed by atoms with Crippen molar-refractivity contribution >= 4 is 5.97 Å². The molecule has 222 valence electrons. The van der Waals surface area contributed by atoms with Gasteiger partial charge in [0.2, 0.25) is 0 Å². The van der Waals surface area contributed by atoms with E-state index in [0.29, 0.717) is 13.0 Å². The van der Waals surface area contributed by atoms with Crippen molar-refractivity contribution in [2.45, 2.75) is 155 Å². The maximum absolute atomic E-state index is 11.2. The summed E-state index contributed by atoms with van der Waals surface area (Å²) in [6.45, 7) is 4.79. The summed E-state index contributed by atoms with van der Waals surface area (Å²) >= 11 is 0. The molecule has 0 amide bonds. The van der Waals surface area contributed by atoms with Crippen molar-refractivity contribution in [3.05, 3.63) is 36.5 Å². The third-order valence-electron chi connectivity index (χ3n) is 6.77. The van der Waals surface area contributed by atoms with E-state index in [9.17, 15) is 9.90 Å². The van der Waals surface area contributed by atoms with Crippen molar-refractivity contribution < 1.29 is 19.4 Å². The Morgan fingerprint density at radius 2 is 1.08 bits per heavy atom. The van der Waals surface area contributed by atoms with Gasteiger partial charge >= 0.3 is 5.97 Å². The molecule has 0 saturated carbocycles. The molecule has 38 heavy (non-hydrogen) atoms. The average molecular weight is 535 g/mol. The smallest absolute Gasteiger partial charge is 0.305 e. The fourth-order valence-electron chi connectivity index (χ4n) is 4.31. The summed E-state index contributed by atoms with van der Waals surface area (Å²) in [4.78, 5) is 11.2. The zero-order valence-electron chi connectivity index (χ0n) is 25.2. The highest BCUT2D eigenvalue weighted by molar-refractivity contribution is 5.69. The standard InChI is InChI=1S/C34H62O4/c1-3-5-6-7-8-9-10-11-12-13-14-15-16-17-18-19-20-21-22-23-24-25-26-27-28-29-30-37-32-33(31-35)38-34(36)4-2/h10-11,13-14,16-17,33,35H,3-9,12,15,18-32H2,1-2H3/b11-10-,14-13-,17-16-. The predicted octanol–water partition coefficient (Wildman–Crippen LogP) is 9.81. The number of allylic oxidation sites excluding steroid dienone is 6. The second-order valence-corrected chi connectivity index (χ2v) is 10.5. The van der Waals surface area contributed by atoms with E-state index in [2.05, 4.69) is 43.4 Å². The summed E-state index contributed by atoms with van der Waals surface area (Å²) in [6.07, 6.45) is 39.4. The Hall–Kier alpha value is -1.39. The van der Waals surface area contributed by atoms with Gasteiger partial charge in [0.05, 0.1) is 13.2 Å². The number of hydrogen-bond acceptors (Lipinski definition) is 4. The van der Waals surface area contributed by atoms with Gasteiger partial charge in [-0.05, 0) is 44.9 Å². The molecule has 1 N–H and O–H groups in total. The van der Waals surface area contributed by atoms with Crippen LogP contribution in [-0.2, 0) is 14.3 Å². The van der Waals surface area contributed by atoms with Crippen molar-refractivity contribution in [3.8, 4) is 0 Å². The van der Waals surface area contributed by atoms with Crippen molar-refractivity contribution in [1.82, 2.24) is 0 Å². The molecule has 1 unspecified atom stereocenters. The number of esters is 1. The Kier molecular flexibility index (Phi) is 30.7. The first-order valence-electron chi connectivity index (χ1n) is 16.1. The SMILES string of the molecule is CCCCCCC/C=C\C/C=C\C/C=C\CCCCCCCCCCCCCOCC(CO)OC(=O)CC. The molecule has 0 saturated heterocycles. The van der Waals surface area contributed by atoms with Crippen LogP contribution < -0.4 is 0 Å². The van der Waals surface area contributed by atoms with Crippen LogP contribution in [0.5, 0.6) is 0 Å². The quantitative estimate of drug-likeness (QED) is 0.0589. The number of aliphatic hydroxyl groups is 1. The van der Waals surface area contributed by atoms with Gasteiger partial charge in [0.1, 0.15) is 6.10 Å². The summed E-state index contributed by atoms with van der Waals surface area (Å²) in [7, 11) is 0. The Labute approximate surface area is 236 Å². The van der Waals surface area contributed by atoms with E-state index in [1.54, 1.807) is 6.92 Å². The largest absolute Gasteiger partial charge is 0.457 e. The van der Waals surface area contributed by atoms with Crippen LogP contribution in [0, 0.1) is 0 Å². The van der Waals surface area contributed by atoms with E-state index in [0.717, 1.165) is 19.3 Å². The zero-order chi connectivity index (χ0) is 27.8. The van der Waals surface area contributed by atoms with Gasteiger partial charge in [-0.3, -0.25) is 4.79 Å². The van der Waals surface area contributed by atoms with Gasteiger partial charge in [0.25, 0.3) is 0 Å². The molecule has 0 fully saturated rings. The maximum atomic E-state index is 11.2. The second-order valence-electron chi connectivity index (χ2n) is 10.5. The molecule has 0 heterocycles. The van der Waals surface area contributed by atoms with E-state index in [-0.39, 0.29) is 19.2 Å². The Balaban J connectivity index is 3.29. The normalized spacial score (nSPS) is 12.8. The summed E-state index contributed by atoms with van der Waals surface area (Å²) in [6, 6.07) is 0. The Morgan fingerprint density at radius 3 is 1.55 bits per heavy atom. The van der Waals surface area contributed by atoms with Crippen molar-refractivity contribution in [2.24, 2.45) is 0 Å². The molecule has 0 bridgehead atoms. The van der Waals surface area contributed by atoms with Gasteiger partial charge in [0.15, 0.2) is 0 Å². The molecule has 0 aromatic carbocycles. The van der Waals surface area contributed by atoms with Crippen molar-refractivity contribution in [3.63, 3.8) is 0 Å². The summed E-state index contributed by atoms with van der Waals surface area (Å²) in [5.41, 5.74) is 0. The molecular formula is C34H62O4. The molecule has 0 aromatic heterocycles. The molecule has 0 aliphatic heterocycles. The summed E-state index contributed by atoms with van der Waals surface area (Å²) in [5, 5.41) is 9.21. The third kappa shape index (κ3) is 29.2. The predicted molar refractivity (Wildman–Crippen MR) is 164 cm³/mol. The van der Waals surface area contributed by atoms with Gasteiger partial charge in [0, 0.05) is 13.0 Å². The van der Waals surface area contributed by atoms with E-state index in [1.165, 1.54) is 109 Å². The van der Waals surface area contributed by atoms with Crippen LogP contribution in [0.1, 0.15) is 149 Å². The molecule has 0 rings (SSSR count). The van der Waals surface area contributed by atoms with E-state index < -0.39 is 6.10 Å². The van der Waals surface area contributed by atoms with Crippen LogP contribution in [0.2, 0.25) is 0 Å². The lowest BCUT2D eigenvalue weighted by atomic mass is 10.1. The Bertz CT molecular complexity index is 567. The van der Waals surface area contributed by atoms with Crippen molar-refractivity contribution in [2.75, 3.05) is 19.8 Å². The fraction of sp³-hybridized carbons (Fsp3) is 0.794. The second kappa shape index (κ2) is 31.8. The van der Waals surface area contributed by atoms with Crippen molar-refractivity contribution in [1.29, 1.82) is 0 Å². The lowest BCUT2D eigenvalue weighted by Gasteiger charge is -2.15. The number of unbranched alkanes of at least 4 members (excludes halogenated alkanes) is 16. The number of carbonyl (C=O) groups excluding carboxylic acids is 1. The zero-order valence-corrected chi connectivity index (χ0v) is 25.2. The first-order valence-corrected chi connectivity index (χ1v) is 16.1. The first-order chi connectivity index (χ1) is 18.7. The minimum Gasteiger partial charge on any atom is -0.457 e. The highest BCUT2D eigenvalue weighted by Gasteiger charge is 2.12. The first kappa shape index (κ1) is 36.6. The number of hydrogen-bond donors (Lipinski definition) is 1. The molecule has 1 atom stereocenters. The third-order valence-corrected chi connectivity index (χ3v) is 6.77. The van der Waals surface area contributed by atoms with Crippen LogP contribution in [0.25, 0.3) is 0 Å². The molecule has 4 nitrogen and oxygen atoms in total. The van der Waals surface area contributed by atoms with Gasteiger partial charge in [-0.15, -0.1) is 0 Å². The van der Waals surface area contributed by atoms with Gasteiger partial charge in [-0.1, -0.05) is 134 Å². The highest BCUT2D eigenvalue weighted by atomic mass is 16.6. The lowest BCUT2D eigenvalue weighted by Crippen LogP contribution is -2.27. The average Bonchev–Trinajstić information content (AvgIpc) is 2.93. The Morgan fingerprint density at radius 1 is 0.632 bits per heavy atom. The maximum Gasteiger partial charge on any atom is 0.305 e. The molecular weight excluding hydrogens is 472 g/mol. The minimum atomic E-state index is -0.529. The number of rotatable bonds is 29. The van der Waals surface area contributed by atoms with Crippen LogP contribution in [0.3, 0.4) is 0 Å². The molecule has 0 aliphatic rings. The number of ether oxygens (including phenoxy) is 2. The fourth-order valence-corrected chi connectivity index (χ4v) is 4.31. The van der Waals surface area contributed by atoms with E-state index in [4.69, 9.17) is 9.47 Å². The summed E-state index contributed by atoms with van der Waals surface area (Å²) < 4.78 is 10.6. The topological polar surface area (TPSA) is 55.8 Å². The summed E-state index contributed by atoms with van der Waals surface area (Å²) in [5.74, 6) is -0.291. The lowest BCUT2D eigenvalue weighted by molar-refractivity contribution is -0.154. The van der Waals surface area contributed by atoms with Crippen LogP contribution in [-0.4, -0.2) is 37.0 Å². The van der Waals surface area contributed by atoms with Crippen LogP contribution in [0.15, 0.2) is 36.5 Å². The highest BCUT2D eigenvalue weighted by Crippen LogP contribution is 2.12. The minimum absolute atomic E-state index is 0.182. The monoisotopic (exact) mass is 534 g/mol. The molecule has 0 radical (unpaired) electrons. The number of carbonyl (C=O) groups is 1. The van der Waals surface area contributed by atoms with Crippen LogP contribution >= 0.6 is 0 Å². The molecule has 0 aliphatic carbocycles.